The molecule has 0 radical (unpaired) electrons. The molecule has 1 atom stereocenters. The number of aromatic nitrogens is 2. The Labute approximate surface area is 142 Å². The third-order valence-electron chi connectivity index (χ3n) is 3.21. The Morgan fingerprint density at radius 1 is 1.35 bits per heavy atom. The molecule has 20 heavy (non-hydrogen) atoms. The molecule has 1 unspecified atom stereocenters. The first-order valence-corrected chi connectivity index (χ1v) is 8.74. The molecule has 0 spiro atoms. The van der Waals surface area contributed by atoms with Crippen LogP contribution in [0.2, 0.25) is 0 Å². The van der Waals surface area contributed by atoms with Gasteiger partial charge in [0.2, 0.25) is 0 Å². The Morgan fingerprint density at radius 2 is 2.15 bits per heavy atom. The molecule has 2 aromatic rings. The summed E-state index contributed by atoms with van der Waals surface area (Å²) < 4.78 is 4.43. The van der Waals surface area contributed by atoms with Crippen molar-refractivity contribution in [2.45, 2.75) is 32.9 Å². The molecule has 0 fully saturated rings. The topological polar surface area (TPSA) is 29.9 Å². The van der Waals surface area contributed by atoms with Crippen molar-refractivity contribution in [2.24, 2.45) is 0 Å². The van der Waals surface area contributed by atoms with Crippen LogP contribution in [0.15, 0.2) is 34.9 Å². The summed E-state index contributed by atoms with van der Waals surface area (Å²) in [6.45, 7) is 6.17. The lowest BCUT2D eigenvalue weighted by Gasteiger charge is -2.21. The maximum absolute atomic E-state index is 4.40. The van der Waals surface area contributed by atoms with Gasteiger partial charge in [0.25, 0.3) is 0 Å². The van der Waals surface area contributed by atoms with Crippen molar-refractivity contribution in [3.8, 4) is 0 Å². The number of aryl methyl sites for hydroxylation is 1. The summed E-state index contributed by atoms with van der Waals surface area (Å²) in [7, 11) is 0. The summed E-state index contributed by atoms with van der Waals surface area (Å²) >= 11 is 6.04. The third-order valence-corrected chi connectivity index (χ3v) is 4.61. The molecule has 0 bridgehead atoms. The molecule has 5 heteroatoms. The van der Waals surface area contributed by atoms with Gasteiger partial charge in [-0.15, -0.1) is 0 Å². The minimum absolute atomic E-state index is 0.168. The quantitative estimate of drug-likeness (QED) is 0.666. The van der Waals surface area contributed by atoms with Crippen LogP contribution in [0.25, 0.3) is 0 Å². The van der Waals surface area contributed by atoms with Crippen LogP contribution in [0, 0.1) is 3.57 Å². The van der Waals surface area contributed by atoms with E-state index in [0.29, 0.717) is 0 Å². The van der Waals surface area contributed by atoms with Crippen molar-refractivity contribution in [3.05, 3.63) is 49.8 Å². The highest BCUT2D eigenvalue weighted by Gasteiger charge is 2.19. The zero-order valence-corrected chi connectivity index (χ0v) is 15.5. The second-order valence-electron chi connectivity index (χ2n) is 4.62. The van der Waals surface area contributed by atoms with Crippen LogP contribution in [-0.2, 0) is 6.54 Å². The predicted octanol–water partition coefficient (Wildman–Crippen LogP) is 4.36. The summed E-state index contributed by atoms with van der Waals surface area (Å²) in [6.07, 6.45) is 2.99. The van der Waals surface area contributed by atoms with Crippen LogP contribution in [0.1, 0.15) is 37.6 Å². The number of benzene rings is 1. The van der Waals surface area contributed by atoms with Crippen molar-refractivity contribution in [3.63, 3.8) is 0 Å². The Kier molecular flexibility index (Phi) is 6.04. The highest BCUT2D eigenvalue weighted by molar-refractivity contribution is 14.1. The van der Waals surface area contributed by atoms with Crippen molar-refractivity contribution in [1.29, 1.82) is 0 Å². The van der Waals surface area contributed by atoms with Gasteiger partial charge in [-0.1, -0.05) is 22.9 Å². The van der Waals surface area contributed by atoms with E-state index < -0.39 is 0 Å². The van der Waals surface area contributed by atoms with E-state index in [-0.39, 0.29) is 6.04 Å². The van der Waals surface area contributed by atoms with E-state index in [2.05, 4.69) is 91.7 Å². The first kappa shape index (κ1) is 16.0. The molecule has 2 rings (SSSR count). The normalized spacial score (nSPS) is 12.6. The fourth-order valence-electron chi connectivity index (χ4n) is 2.25. The second kappa shape index (κ2) is 7.56. The minimum Gasteiger partial charge on any atom is -0.305 e. The molecule has 0 aliphatic carbocycles. The number of rotatable bonds is 6. The van der Waals surface area contributed by atoms with Crippen LogP contribution < -0.4 is 5.32 Å². The van der Waals surface area contributed by atoms with Gasteiger partial charge in [-0.3, -0.25) is 4.68 Å². The van der Waals surface area contributed by atoms with Crippen LogP contribution in [-0.4, -0.2) is 16.3 Å². The fourth-order valence-corrected chi connectivity index (χ4v) is 3.24. The first-order chi connectivity index (χ1) is 9.67. The van der Waals surface area contributed by atoms with Gasteiger partial charge in [-0.25, -0.2) is 0 Å². The van der Waals surface area contributed by atoms with E-state index >= 15 is 0 Å². The Hall–Kier alpha value is -0.400. The number of hydrogen-bond donors (Lipinski definition) is 1. The van der Waals surface area contributed by atoms with Gasteiger partial charge in [0.05, 0.1) is 11.7 Å². The largest absolute Gasteiger partial charge is 0.305 e. The molecular weight excluding hydrogens is 429 g/mol. The second-order valence-corrected chi connectivity index (χ2v) is 6.72. The molecule has 0 aliphatic rings. The van der Waals surface area contributed by atoms with Gasteiger partial charge in [-0.2, -0.15) is 5.10 Å². The highest BCUT2D eigenvalue weighted by atomic mass is 127. The van der Waals surface area contributed by atoms with Crippen molar-refractivity contribution in [2.75, 3.05) is 6.54 Å². The van der Waals surface area contributed by atoms with Crippen LogP contribution in [0.5, 0.6) is 0 Å². The SMILES string of the molecule is CCCNC(c1cc(I)ccc1Br)c1ccnn1CC. The van der Waals surface area contributed by atoms with E-state index in [9.17, 15) is 0 Å². The van der Waals surface area contributed by atoms with Crippen LogP contribution in [0.4, 0.5) is 0 Å². The molecule has 1 aromatic heterocycles. The minimum atomic E-state index is 0.168. The number of hydrogen-bond acceptors (Lipinski definition) is 2. The molecule has 3 nitrogen and oxygen atoms in total. The Bertz CT molecular complexity index is 568. The van der Waals surface area contributed by atoms with Crippen molar-refractivity contribution >= 4 is 38.5 Å². The molecule has 0 saturated heterocycles. The lowest BCUT2D eigenvalue weighted by Crippen LogP contribution is -2.26. The van der Waals surface area contributed by atoms with E-state index in [4.69, 9.17) is 0 Å². The number of nitrogens with one attached hydrogen (secondary N) is 1. The van der Waals surface area contributed by atoms with Gasteiger partial charge in [0.15, 0.2) is 0 Å². The van der Waals surface area contributed by atoms with Gasteiger partial charge in [-0.05, 0) is 72.3 Å². The highest BCUT2D eigenvalue weighted by Crippen LogP contribution is 2.30. The average Bonchev–Trinajstić information content (AvgIpc) is 2.91. The van der Waals surface area contributed by atoms with E-state index in [0.717, 1.165) is 24.0 Å². The third kappa shape index (κ3) is 3.62. The zero-order valence-electron chi connectivity index (χ0n) is 11.7. The summed E-state index contributed by atoms with van der Waals surface area (Å²) in [5.41, 5.74) is 2.48. The summed E-state index contributed by atoms with van der Waals surface area (Å²) in [5, 5.41) is 8.04. The molecule has 0 amide bonds. The lowest BCUT2D eigenvalue weighted by molar-refractivity contribution is 0.528. The van der Waals surface area contributed by atoms with Gasteiger partial charge < -0.3 is 5.32 Å². The van der Waals surface area contributed by atoms with Gasteiger partial charge in [0, 0.05) is 20.8 Å². The molecule has 108 valence electrons. The standard InChI is InChI=1S/C15H19BrIN3/c1-3-8-18-15(14-7-9-19-20(14)4-2)12-10-11(17)5-6-13(12)16/h5-7,9-10,15,18H,3-4,8H2,1-2H3. The van der Waals surface area contributed by atoms with E-state index in [1.54, 1.807) is 0 Å². The Balaban J connectivity index is 2.44. The first-order valence-electron chi connectivity index (χ1n) is 6.87. The molecule has 1 N–H and O–H groups in total. The monoisotopic (exact) mass is 447 g/mol. The average molecular weight is 448 g/mol. The fraction of sp³-hybridized carbons (Fsp3) is 0.400. The smallest absolute Gasteiger partial charge is 0.0759 e. The summed E-state index contributed by atoms with van der Waals surface area (Å²) in [5.74, 6) is 0. The number of nitrogens with zero attached hydrogens (tertiary/aromatic N) is 2. The number of halogens is 2. The summed E-state index contributed by atoms with van der Waals surface area (Å²) in [4.78, 5) is 0. The van der Waals surface area contributed by atoms with Crippen LogP contribution in [0.3, 0.4) is 0 Å². The Morgan fingerprint density at radius 3 is 2.85 bits per heavy atom. The van der Waals surface area contributed by atoms with E-state index in [1.807, 2.05) is 6.20 Å². The molecule has 1 aromatic carbocycles. The maximum Gasteiger partial charge on any atom is 0.0759 e. The molecular formula is C15H19BrIN3. The molecule has 0 aliphatic heterocycles. The van der Waals surface area contributed by atoms with Gasteiger partial charge >= 0.3 is 0 Å². The van der Waals surface area contributed by atoms with E-state index in [1.165, 1.54) is 14.8 Å². The summed E-state index contributed by atoms with van der Waals surface area (Å²) in [6, 6.07) is 8.72. The van der Waals surface area contributed by atoms with Crippen LogP contribution >= 0.6 is 38.5 Å². The molecule has 1 heterocycles. The molecule has 0 saturated carbocycles. The predicted molar refractivity (Wildman–Crippen MR) is 94.9 cm³/mol. The zero-order chi connectivity index (χ0) is 14.5. The lowest BCUT2D eigenvalue weighted by atomic mass is 10.0. The van der Waals surface area contributed by atoms with Crippen molar-refractivity contribution < 1.29 is 0 Å². The maximum atomic E-state index is 4.40. The van der Waals surface area contributed by atoms with Gasteiger partial charge in [0.1, 0.15) is 0 Å². The van der Waals surface area contributed by atoms with Crippen molar-refractivity contribution in [1.82, 2.24) is 15.1 Å².